The van der Waals surface area contributed by atoms with Crippen molar-refractivity contribution >= 4 is 44.6 Å². The maximum absolute atomic E-state index is 12.4. The summed E-state index contributed by atoms with van der Waals surface area (Å²) in [6.07, 6.45) is 1.73. The zero-order valence-electron chi connectivity index (χ0n) is 17.6. The van der Waals surface area contributed by atoms with Crippen molar-refractivity contribution in [3.05, 3.63) is 47.7 Å². The van der Waals surface area contributed by atoms with Crippen LogP contribution in [0.25, 0.3) is 44.1 Å². The molecule has 5 N–H and O–H groups in total. The number of hydrogen-bond donors (Lipinski definition) is 3. The lowest BCUT2D eigenvalue weighted by molar-refractivity contribution is 0.100. The normalized spacial score (nSPS) is 11.6. The summed E-state index contributed by atoms with van der Waals surface area (Å²) in [5.41, 5.74) is 17.3. The number of aromatic nitrogens is 3. The van der Waals surface area contributed by atoms with E-state index in [1.54, 1.807) is 25.4 Å². The van der Waals surface area contributed by atoms with E-state index in [2.05, 4.69) is 15.2 Å². The fraction of sp³-hybridized carbons (Fsp3) is 0.174. The van der Waals surface area contributed by atoms with Crippen molar-refractivity contribution in [3.8, 4) is 17.0 Å². The number of furan rings is 1. The van der Waals surface area contributed by atoms with Crippen LogP contribution in [0.1, 0.15) is 15.9 Å². The number of hydrogen-bond acceptors (Lipinski definition) is 7. The molecule has 32 heavy (non-hydrogen) atoms. The number of aryl methyl sites for hydroxylation is 1. The number of pyridine rings is 1. The monoisotopic (exact) mass is 431 g/mol. The number of methoxy groups -OCH3 is 1. The van der Waals surface area contributed by atoms with Crippen molar-refractivity contribution in [1.29, 1.82) is 0 Å². The number of amides is 1. The first-order valence-electron chi connectivity index (χ1n) is 10.00. The van der Waals surface area contributed by atoms with Gasteiger partial charge in [0.25, 0.3) is 5.91 Å². The molecular formula is C23H21N5O4. The minimum absolute atomic E-state index is 0.122. The highest BCUT2D eigenvalue weighted by Crippen LogP contribution is 2.42. The van der Waals surface area contributed by atoms with Crippen molar-refractivity contribution in [2.75, 3.05) is 26.1 Å². The van der Waals surface area contributed by atoms with Gasteiger partial charge >= 0.3 is 0 Å². The van der Waals surface area contributed by atoms with Gasteiger partial charge in [-0.1, -0.05) is 6.07 Å². The molecule has 0 atom stereocenters. The Kier molecular flexibility index (Phi) is 4.67. The first kappa shape index (κ1) is 19.8. The predicted octanol–water partition coefficient (Wildman–Crippen LogP) is 3.54. The van der Waals surface area contributed by atoms with Crippen molar-refractivity contribution in [2.45, 2.75) is 6.92 Å². The lowest BCUT2D eigenvalue weighted by Crippen LogP contribution is -2.14. The van der Waals surface area contributed by atoms with Gasteiger partial charge in [-0.25, -0.2) is 4.98 Å². The number of aromatic amines is 1. The van der Waals surface area contributed by atoms with Crippen LogP contribution in [0.3, 0.4) is 0 Å². The molecule has 0 aliphatic rings. The Balaban J connectivity index is 1.82. The summed E-state index contributed by atoms with van der Waals surface area (Å²) >= 11 is 0. The number of nitrogens with two attached hydrogens (primary N) is 2. The number of H-pyrrole nitrogens is 1. The molecule has 0 radical (unpaired) electrons. The molecule has 2 aromatic carbocycles. The fourth-order valence-electron chi connectivity index (χ4n) is 4.02. The molecule has 0 fully saturated rings. The number of rotatable bonds is 6. The first-order valence-corrected chi connectivity index (χ1v) is 10.00. The van der Waals surface area contributed by atoms with E-state index < -0.39 is 5.91 Å². The van der Waals surface area contributed by atoms with Gasteiger partial charge < -0.3 is 25.4 Å². The average Bonchev–Trinajstić information content (AvgIpc) is 3.37. The highest BCUT2D eigenvalue weighted by molar-refractivity contribution is 6.18. The molecule has 5 aromatic rings. The van der Waals surface area contributed by atoms with Crippen LogP contribution in [0.4, 0.5) is 5.69 Å². The summed E-state index contributed by atoms with van der Waals surface area (Å²) in [5, 5.41) is 8.62. The summed E-state index contributed by atoms with van der Waals surface area (Å²) in [6, 6.07) is 9.24. The zero-order chi connectivity index (χ0) is 22.4. The Labute approximate surface area is 182 Å². The van der Waals surface area contributed by atoms with E-state index in [1.807, 2.05) is 25.1 Å². The summed E-state index contributed by atoms with van der Waals surface area (Å²) in [6.45, 7) is 2.77. The third kappa shape index (κ3) is 3.02. The maximum Gasteiger partial charge on any atom is 0.254 e. The molecule has 9 nitrogen and oxygen atoms in total. The molecule has 9 heteroatoms. The van der Waals surface area contributed by atoms with Gasteiger partial charge in [-0.05, 0) is 36.2 Å². The zero-order valence-corrected chi connectivity index (χ0v) is 17.6. The molecule has 162 valence electrons. The second-order valence-corrected chi connectivity index (χ2v) is 7.48. The quantitative estimate of drug-likeness (QED) is 0.276. The summed E-state index contributed by atoms with van der Waals surface area (Å²) < 4.78 is 16.6. The second-order valence-electron chi connectivity index (χ2n) is 7.48. The number of fused-ring (bicyclic) bond motifs is 4. The molecule has 5 rings (SSSR count). The van der Waals surface area contributed by atoms with Crippen molar-refractivity contribution in [1.82, 2.24) is 15.2 Å². The smallest absolute Gasteiger partial charge is 0.254 e. The van der Waals surface area contributed by atoms with E-state index in [0.29, 0.717) is 46.7 Å². The Hall–Kier alpha value is -4.11. The van der Waals surface area contributed by atoms with Crippen LogP contribution in [0.5, 0.6) is 5.88 Å². The van der Waals surface area contributed by atoms with Crippen LogP contribution >= 0.6 is 0 Å². The maximum atomic E-state index is 12.4. The number of ether oxygens (including phenoxy) is 2. The number of nitrogens with zero attached hydrogens (tertiary/aromatic N) is 2. The standard InChI is InChI=1S/C23H21N5O4/c1-11-3-4-15-14(10-26-28-15)18(11)12-9-13-21-16(5-6-17(27-21)31-8-7-30-2)32-22(13)19(20(12)24)23(25)29/h3-6,9-10H,7-8,24H2,1-2H3,(H2,25,29)(H,26,28). The fourth-order valence-corrected chi connectivity index (χ4v) is 4.02. The minimum Gasteiger partial charge on any atom is -0.475 e. The van der Waals surface area contributed by atoms with Crippen LogP contribution in [-0.2, 0) is 4.74 Å². The Morgan fingerprint density at radius 1 is 1.19 bits per heavy atom. The molecule has 0 bridgehead atoms. The summed E-state index contributed by atoms with van der Waals surface area (Å²) in [5.74, 6) is -0.258. The van der Waals surface area contributed by atoms with Gasteiger partial charge in [-0.15, -0.1) is 0 Å². The van der Waals surface area contributed by atoms with Crippen LogP contribution in [-0.4, -0.2) is 41.4 Å². The number of nitrogen functional groups attached to an aromatic ring is 1. The Bertz CT molecular complexity index is 1500. The molecule has 0 unspecified atom stereocenters. The van der Waals surface area contributed by atoms with Crippen LogP contribution in [0.2, 0.25) is 0 Å². The lowest BCUT2D eigenvalue weighted by atomic mass is 9.92. The number of primary amides is 1. The number of carbonyl (C=O) groups excluding carboxylic acids is 1. The molecule has 0 spiro atoms. The van der Waals surface area contributed by atoms with Gasteiger partial charge in [0.2, 0.25) is 5.88 Å². The number of anilines is 1. The van der Waals surface area contributed by atoms with E-state index in [1.165, 1.54) is 0 Å². The summed E-state index contributed by atoms with van der Waals surface area (Å²) in [4.78, 5) is 17.0. The average molecular weight is 431 g/mol. The van der Waals surface area contributed by atoms with E-state index in [4.69, 9.17) is 25.4 Å². The molecule has 0 saturated carbocycles. The largest absolute Gasteiger partial charge is 0.475 e. The Morgan fingerprint density at radius 3 is 2.81 bits per heavy atom. The number of carbonyl (C=O) groups is 1. The minimum atomic E-state index is -0.679. The molecular weight excluding hydrogens is 410 g/mol. The van der Waals surface area contributed by atoms with E-state index in [9.17, 15) is 4.79 Å². The van der Waals surface area contributed by atoms with Crippen LogP contribution in [0, 0.1) is 6.92 Å². The molecule has 3 heterocycles. The Morgan fingerprint density at radius 2 is 2.03 bits per heavy atom. The van der Waals surface area contributed by atoms with Gasteiger partial charge in [0.05, 0.1) is 24.0 Å². The van der Waals surface area contributed by atoms with Crippen LogP contribution in [0.15, 0.2) is 40.9 Å². The third-order valence-electron chi connectivity index (χ3n) is 5.51. The van der Waals surface area contributed by atoms with Gasteiger partial charge in [0.1, 0.15) is 17.7 Å². The van der Waals surface area contributed by atoms with Crippen molar-refractivity contribution in [3.63, 3.8) is 0 Å². The lowest BCUT2D eigenvalue weighted by Gasteiger charge is -2.13. The molecule has 3 aromatic heterocycles. The van der Waals surface area contributed by atoms with Gasteiger partial charge in [-0.2, -0.15) is 5.10 Å². The number of nitrogens with one attached hydrogen (secondary N) is 1. The van der Waals surface area contributed by atoms with Gasteiger partial charge in [0.15, 0.2) is 11.2 Å². The van der Waals surface area contributed by atoms with Crippen molar-refractivity contribution in [2.24, 2.45) is 5.73 Å². The molecule has 0 aliphatic heterocycles. The molecule has 1 amide bonds. The second kappa shape index (κ2) is 7.54. The summed E-state index contributed by atoms with van der Waals surface area (Å²) in [7, 11) is 1.60. The van der Waals surface area contributed by atoms with Gasteiger partial charge in [-0.3, -0.25) is 9.89 Å². The highest BCUT2D eigenvalue weighted by Gasteiger charge is 2.24. The molecule has 0 aliphatic carbocycles. The van der Waals surface area contributed by atoms with Crippen molar-refractivity contribution < 1.29 is 18.7 Å². The third-order valence-corrected chi connectivity index (χ3v) is 5.51. The van der Waals surface area contributed by atoms with Crippen LogP contribution < -0.4 is 16.2 Å². The van der Waals surface area contributed by atoms with E-state index >= 15 is 0 Å². The SMILES string of the molecule is COCCOc1ccc2oc3c(C(N)=O)c(N)c(-c4c(C)ccc5[nH]ncc45)cc3c2n1. The molecule has 0 saturated heterocycles. The first-order chi connectivity index (χ1) is 15.5. The predicted molar refractivity (Wildman–Crippen MR) is 122 cm³/mol. The topological polar surface area (TPSA) is 142 Å². The highest BCUT2D eigenvalue weighted by atomic mass is 16.5. The van der Waals surface area contributed by atoms with E-state index in [0.717, 1.165) is 22.0 Å². The number of benzene rings is 2. The van der Waals surface area contributed by atoms with Gasteiger partial charge in [0, 0.05) is 29.5 Å². The van der Waals surface area contributed by atoms with E-state index in [-0.39, 0.29) is 11.3 Å².